The van der Waals surface area contributed by atoms with E-state index in [-0.39, 0.29) is 17.7 Å². The Hall–Kier alpha value is -1.53. The minimum atomic E-state index is -0.792. The molecule has 110 valence electrons. The highest BCUT2D eigenvalue weighted by Gasteiger charge is 2.26. The van der Waals surface area contributed by atoms with Gasteiger partial charge in [-0.1, -0.05) is 0 Å². The highest BCUT2D eigenvalue weighted by molar-refractivity contribution is 5.94. The molecule has 0 saturated carbocycles. The van der Waals surface area contributed by atoms with E-state index < -0.39 is 17.7 Å². The highest BCUT2D eigenvalue weighted by atomic mass is 19.1. The molecule has 0 bridgehead atoms. The predicted octanol–water partition coefficient (Wildman–Crippen LogP) is 1.75. The van der Waals surface area contributed by atoms with Gasteiger partial charge in [0.25, 0.3) is 0 Å². The van der Waals surface area contributed by atoms with Gasteiger partial charge in [-0.2, -0.15) is 0 Å². The first-order chi connectivity index (χ1) is 9.47. The fourth-order valence-electron chi connectivity index (χ4n) is 2.27. The van der Waals surface area contributed by atoms with Crippen molar-refractivity contribution in [1.82, 2.24) is 4.90 Å². The van der Waals surface area contributed by atoms with Gasteiger partial charge in [-0.3, -0.25) is 9.69 Å². The molecule has 4 nitrogen and oxygen atoms in total. The summed E-state index contributed by atoms with van der Waals surface area (Å²) in [6.07, 6.45) is 0.946. The van der Waals surface area contributed by atoms with Crippen LogP contribution in [0.25, 0.3) is 0 Å². The van der Waals surface area contributed by atoms with Crippen molar-refractivity contribution in [3.63, 3.8) is 0 Å². The Bertz CT molecular complexity index is 488. The number of nitrogens with one attached hydrogen (secondary N) is 1. The normalized spacial score (nSPS) is 18.8. The van der Waals surface area contributed by atoms with Gasteiger partial charge in [-0.15, -0.1) is 0 Å². The number of hydrogen-bond acceptors (Lipinski definition) is 3. The van der Waals surface area contributed by atoms with Gasteiger partial charge in [0.05, 0.1) is 17.8 Å². The van der Waals surface area contributed by atoms with Crippen molar-refractivity contribution in [1.29, 1.82) is 0 Å². The molecule has 0 aromatic heterocycles. The molecule has 1 aromatic rings. The maximum absolute atomic E-state index is 13.5. The number of aliphatic hydroxyl groups is 1. The van der Waals surface area contributed by atoms with Gasteiger partial charge >= 0.3 is 0 Å². The molecule has 1 aromatic carbocycles. The SMILES string of the molecule is CC(C(=O)Nc1ccc(F)cc1F)N1CCC(O)CC1. The molecule has 20 heavy (non-hydrogen) atoms. The van der Waals surface area contributed by atoms with Crippen molar-refractivity contribution in [2.24, 2.45) is 0 Å². The first kappa shape index (κ1) is 14.9. The molecule has 1 amide bonds. The summed E-state index contributed by atoms with van der Waals surface area (Å²) in [6, 6.07) is 2.61. The zero-order valence-electron chi connectivity index (χ0n) is 11.3. The Morgan fingerprint density at radius 2 is 2.05 bits per heavy atom. The molecule has 1 fully saturated rings. The second-order valence-corrected chi connectivity index (χ2v) is 5.06. The van der Waals surface area contributed by atoms with Crippen LogP contribution in [0.5, 0.6) is 0 Å². The van der Waals surface area contributed by atoms with Crippen LogP contribution in [0, 0.1) is 11.6 Å². The molecule has 0 aliphatic carbocycles. The van der Waals surface area contributed by atoms with Gasteiger partial charge in [-0.25, -0.2) is 8.78 Å². The first-order valence-electron chi connectivity index (χ1n) is 6.65. The third kappa shape index (κ3) is 3.52. The maximum Gasteiger partial charge on any atom is 0.241 e. The van der Waals surface area contributed by atoms with Gasteiger partial charge < -0.3 is 10.4 Å². The summed E-state index contributed by atoms with van der Waals surface area (Å²) >= 11 is 0. The van der Waals surface area contributed by atoms with Crippen LogP contribution >= 0.6 is 0 Å². The largest absolute Gasteiger partial charge is 0.393 e. The van der Waals surface area contributed by atoms with Gasteiger partial charge in [0, 0.05) is 19.2 Å². The molecule has 1 aliphatic heterocycles. The van der Waals surface area contributed by atoms with Crippen LogP contribution in [0.4, 0.5) is 14.5 Å². The van der Waals surface area contributed by atoms with Crippen LogP contribution in [0.15, 0.2) is 18.2 Å². The van der Waals surface area contributed by atoms with Gasteiger partial charge in [0.15, 0.2) is 0 Å². The van der Waals surface area contributed by atoms with Crippen LogP contribution in [0.1, 0.15) is 19.8 Å². The minimum absolute atomic E-state index is 0.0275. The third-order valence-corrected chi connectivity index (χ3v) is 3.62. The van der Waals surface area contributed by atoms with E-state index in [2.05, 4.69) is 5.32 Å². The van der Waals surface area contributed by atoms with E-state index in [9.17, 15) is 18.7 Å². The molecule has 1 atom stereocenters. The number of halogens is 2. The second kappa shape index (κ2) is 6.28. The lowest BCUT2D eigenvalue weighted by Gasteiger charge is -2.33. The summed E-state index contributed by atoms with van der Waals surface area (Å²) in [5.41, 5.74) is -0.0275. The van der Waals surface area contributed by atoms with Crippen molar-refractivity contribution in [2.75, 3.05) is 18.4 Å². The van der Waals surface area contributed by atoms with Gasteiger partial charge in [0.1, 0.15) is 11.6 Å². The van der Waals surface area contributed by atoms with Crippen LogP contribution in [0.2, 0.25) is 0 Å². The number of amides is 1. The summed E-state index contributed by atoms with van der Waals surface area (Å²) in [7, 11) is 0. The van der Waals surface area contributed by atoms with E-state index in [0.717, 1.165) is 12.1 Å². The number of piperidine rings is 1. The highest BCUT2D eigenvalue weighted by Crippen LogP contribution is 2.17. The summed E-state index contributed by atoms with van der Waals surface area (Å²) in [6.45, 7) is 2.98. The molecule has 2 N–H and O–H groups in total. The summed E-state index contributed by atoms with van der Waals surface area (Å²) in [5.74, 6) is -1.81. The lowest BCUT2D eigenvalue weighted by Crippen LogP contribution is -2.47. The van der Waals surface area contributed by atoms with E-state index in [0.29, 0.717) is 25.9 Å². The molecule has 0 spiro atoms. The molecule has 1 unspecified atom stereocenters. The van der Waals surface area contributed by atoms with Crippen LogP contribution in [-0.4, -0.2) is 41.1 Å². The number of benzene rings is 1. The van der Waals surface area contributed by atoms with Crippen molar-refractivity contribution < 1.29 is 18.7 Å². The summed E-state index contributed by atoms with van der Waals surface area (Å²) in [4.78, 5) is 14.0. The van der Waals surface area contributed by atoms with Crippen LogP contribution in [-0.2, 0) is 4.79 Å². The van der Waals surface area contributed by atoms with E-state index in [1.54, 1.807) is 6.92 Å². The fourth-order valence-corrected chi connectivity index (χ4v) is 2.27. The molecule has 2 rings (SSSR count). The smallest absolute Gasteiger partial charge is 0.241 e. The van der Waals surface area contributed by atoms with E-state index in [4.69, 9.17) is 0 Å². The number of aliphatic hydroxyl groups excluding tert-OH is 1. The first-order valence-corrected chi connectivity index (χ1v) is 6.65. The van der Waals surface area contributed by atoms with Crippen LogP contribution < -0.4 is 5.32 Å². The molecule has 6 heteroatoms. The zero-order valence-corrected chi connectivity index (χ0v) is 11.3. The summed E-state index contributed by atoms with van der Waals surface area (Å²) in [5, 5.41) is 11.9. The van der Waals surface area contributed by atoms with Crippen molar-refractivity contribution in [3.05, 3.63) is 29.8 Å². The number of carbonyl (C=O) groups is 1. The number of likely N-dealkylation sites (tertiary alicyclic amines) is 1. The van der Waals surface area contributed by atoms with Gasteiger partial charge in [-0.05, 0) is 31.9 Å². The average Bonchev–Trinajstić information content (AvgIpc) is 2.42. The molecular formula is C14H18F2N2O2. The molecular weight excluding hydrogens is 266 g/mol. The van der Waals surface area contributed by atoms with Crippen molar-refractivity contribution in [3.8, 4) is 0 Å². The van der Waals surface area contributed by atoms with E-state index in [1.165, 1.54) is 6.07 Å². The second-order valence-electron chi connectivity index (χ2n) is 5.06. The Morgan fingerprint density at radius 3 is 2.65 bits per heavy atom. The maximum atomic E-state index is 13.5. The van der Waals surface area contributed by atoms with Crippen molar-refractivity contribution in [2.45, 2.75) is 31.9 Å². The number of hydrogen-bond donors (Lipinski definition) is 2. The number of nitrogens with zero attached hydrogens (tertiary/aromatic N) is 1. The topological polar surface area (TPSA) is 52.6 Å². The predicted molar refractivity (Wildman–Crippen MR) is 71.3 cm³/mol. The molecule has 0 radical (unpaired) electrons. The molecule has 1 aliphatic rings. The lowest BCUT2D eigenvalue weighted by molar-refractivity contribution is -0.121. The zero-order chi connectivity index (χ0) is 14.7. The summed E-state index contributed by atoms with van der Waals surface area (Å²) < 4.78 is 26.3. The number of anilines is 1. The van der Waals surface area contributed by atoms with Gasteiger partial charge in [0.2, 0.25) is 5.91 Å². The Kier molecular flexibility index (Phi) is 4.67. The quantitative estimate of drug-likeness (QED) is 0.889. The third-order valence-electron chi connectivity index (χ3n) is 3.62. The fraction of sp³-hybridized carbons (Fsp3) is 0.500. The van der Waals surface area contributed by atoms with Crippen molar-refractivity contribution >= 4 is 11.6 Å². The van der Waals surface area contributed by atoms with E-state index in [1.807, 2.05) is 4.90 Å². The Balaban J connectivity index is 1.97. The standard InChI is InChI=1S/C14H18F2N2O2/c1-9(18-6-4-11(19)5-7-18)14(20)17-13-3-2-10(15)8-12(13)16/h2-3,8-9,11,19H,4-7H2,1H3,(H,17,20). The number of rotatable bonds is 3. The molecule has 1 saturated heterocycles. The molecule has 1 heterocycles. The monoisotopic (exact) mass is 284 g/mol. The van der Waals surface area contributed by atoms with Crippen LogP contribution in [0.3, 0.4) is 0 Å². The Morgan fingerprint density at radius 1 is 1.40 bits per heavy atom. The Labute approximate surface area is 116 Å². The number of carbonyl (C=O) groups excluding carboxylic acids is 1. The average molecular weight is 284 g/mol. The van der Waals surface area contributed by atoms with E-state index >= 15 is 0 Å². The lowest BCUT2D eigenvalue weighted by atomic mass is 10.1. The minimum Gasteiger partial charge on any atom is -0.393 e.